The molecule has 0 amide bonds. The minimum atomic E-state index is -4.81. The first-order valence-corrected chi connectivity index (χ1v) is 7.03. The van der Waals surface area contributed by atoms with Gasteiger partial charge in [-0.05, 0) is 18.6 Å². The first kappa shape index (κ1) is 16.2. The lowest BCUT2D eigenvalue weighted by Gasteiger charge is -2.15. The predicted octanol–water partition coefficient (Wildman–Crippen LogP) is 1.81. The Hall–Kier alpha value is -2.68. The topological polar surface area (TPSA) is 72.9 Å². The van der Waals surface area contributed by atoms with Gasteiger partial charge in [-0.15, -0.1) is 0 Å². The summed E-state index contributed by atoms with van der Waals surface area (Å²) in [5.41, 5.74) is 1.17. The molecular formula is C15H13F3N4O2. The Bertz CT molecular complexity index is 946. The number of aryl methyl sites for hydroxylation is 1. The first-order valence-electron chi connectivity index (χ1n) is 7.03. The van der Waals surface area contributed by atoms with Gasteiger partial charge in [-0.1, -0.05) is 18.2 Å². The molecule has 1 unspecified atom stereocenters. The number of nitrogens with zero attached hydrogens (tertiary/aromatic N) is 4. The third-order valence-corrected chi connectivity index (χ3v) is 3.65. The Balaban J connectivity index is 2.07. The van der Waals surface area contributed by atoms with Gasteiger partial charge in [0.2, 0.25) is 0 Å². The van der Waals surface area contributed by atoms with E-state index in [-0.39, 0.29) is 11.0 Å². The van der Waals surface area contributed by atoms with E-state index in [4.69, 9.17) is 5.11 Å². The summed E-state index contributed by atoms with van der Waals surface area (Å²) in [6.07, 6.45) is -5.20. The number of para-hydroxylation sites is 1. The molecule has 0 aliphatic carbocycles. The van der Waals surface area contributed by atoms with Crippen LogP contribution >= 0.6 is 0 Å². The normalized spacial score (nSPS) is 13.4. The summed E-state index contributed by atoms with van der Waals surface area (Å²) in [4.78, 5) is 16.4. The summed E-state index contributed by atoms with van der Waals surface area (Å²) in [6, 6.07) is 7.31. The minimum Gasteiger partial charge on any atom is -0.382 e. The SMILES string of the molecule is Cc1ccccc1-n1ncc2c(=O)n(CC(O)C(F)(F)F)cnc21. The Morgan fingerprint density at radius 1 is 1.29 bits per heavy atom. The van der Waals surface area contributed by atoms with Crippen molar-refractivity contribution in [2.75, 3.05) is 0 Å². The first-order chi connectivity index (χ1) is 11.3. The van der Waals surface area contributed by atoms with Gasteiger partial charge in [-0.25, -0.2) is 9.67 Å². The van der Waals surface area contributed by atoms with Crippen molar-refractivity contribution in [2.24, 2.45) is 0 Å². The van der Waals surface area contributed by atoms with Crippen LogP contribution in [0.3, 0.4) is 0 Å². The number of hydrogen-bond acceptors (Lipinski definition) is 4. The second kappa shape index (κ2) is 5.75. The number of rotatable bonds is 3. The quantitative estimate of drug-likeness (QED) is 0.791. The molecule has 2 aromatic heterocycles. The molecule has 3 rings (SSSR count). The fraction of sp³-hybridized carbons (Fsp3) is 0.267. The fourth-order valence-electron chi connectivity index (χ4n) is 2.35. The summed E-state index contributed by atoms with van der Waals surface area (Å²) < 4.78 is 39.5. The minimum absolute atomic E-state index is 0.0788. The average molecular weight is 338 g/mol. The monoisotopic (exact) mass is 338 g/mol. The van der Waals surface area contributed by atoms with E-state index in [1.807, 2.05) is 19.1 Å². The van der Waals surface area contributed by atoms with Crippen LogP contribution in [0.15, 0.2) is 41.6 Å². The van der Waals surface area contributed by atoms with E-state index in [1.54, 1.807) is 12.1 Å². The van der Waals surface area contributed by atoms with E-state index in [0.717, 1.165) is 16.5 Å². The van der Waals surface area contributed by atoms with Gasteiger partial charge in [0.25, 0.3) is 5.56 Å². The fourth-order valence-corrected chi connectivity index (χ4v) is 2.35. The zero-order valence-corrected chi connectivity index (χ0v) is 12.5. The average Bonchev–Trinajstić information content (AvgIpc) is 2.94. The third-order valence-electron chi connectivity index (χ3n) is 3.65. The van der Waals surface area contributed by atoms with Gasteiger partial charge >= 0.3 is 6.18 Å². The zero-order chi connectivity index (χ0) is 17.5. The number of benzene rings is 1. The highest BCUT2D eigenvalue weighted by molar-refractivity contribution is 5.75. The largest absolute Gasteiger partial charge is 0.416 e. The highest BCUT2D eigenvalue weighted by atomic mass is 19.4. The van der Waals surface area contributed by atoms with Crippen molar-refractivity contribution >= 4 is 11.0 Å². The summed E-state index contributed by atoms with van der Waals surface area (Å²) >= 11 is 0. The van der Waals surface area contributed by atoms with Crippen LogP contribution in [0.5, 0.6) is 0 Å². The van der Waals surface area contributed by atoms with Crippen LogP contribution in [0.4, 0.5) is 13.2 Å². The van der Waals surface area contributed by atoms with Crippen molar-refractivity contribution in [1.29, 1.82) is 0 Å². The Labute approximate surface area is 133 Å². The van der Waals surface area contributed by atoms with Crippen molar-refractivity contribution < 1.29 is 18.3 Å². The summed E-state index contributed by atoms with van der Waals surface area (Å²) in [5.74, 6) is 0. The van der Waals surface area contributed by atoms with Gasteiger partial charge in [0.15, 0.2) is 11.8 Å². The summed E-state index contributed by atoms with van der Waals surface area (Å²) in [6.45, 7) is 0.949. The zero-order valence-electron chi connectivity index (χ0n) is 12.5. The van der Waals surface area contributed by atoms with Crippen LogP contribution in [0.25, 0.3) is 16.7 Å². The van der Waals surface area contributed by atoms with Crippen molar-refractivity contribution in [1.82, 2.24) is 19.3 Å². The standard InChI is InChI=1S/C15H13F3N4O2/c1-9-4-2-3-5-11(9)22-13-10(6-20-22)14(24)21(8-19-13)7-12(23)15(16,17)18/h2-6,8,12,23H,7H2,1H3. The Morgan fingerprint density at radius 3 is 2.67 bits per heavy atom. The van der Waals surface area contributed by atoms with Crippen LogP contribution in [0.2, 0.25) is 0 Å². The Morgan fingerprint density at radius 2 is 2.00 bits per heavy atom. The van der Waals surface area contributed by atoms with Crippen LogP contribution < -0.4 is 5.56 Å². The number of aliphatic hydroxyl groups is 1. The molecule has 0 spiro atoms. The van der Waals surface area contributed by atoms with E-state index >= 15 is 0 Å². The van der Waals surface area contributed by atoms with Crippen molar-refractivity contribution in [3.63, 3.8) is 0 Å². The molecule has 9 heteroatoms. The van der Waals surface area contributed by atoms with Crippen LogP contribution in [0, 0.1) is 6.92 Å². The van der Waals surface area contributed by atoms with Gasteiger partial charge < -0.3 is 5.11 Å². The Kier molecular flexibility index (Phi) is 3.88. The molecule has 0 saturated heterocycles. The molecule has 0 saturated carbocycles. The molecule has 0 radical (unpaired) electrons. The molecule has 1 atom stereocenters. The summed E-state index contributed by atoms with van der Waals surface area (Å²) in [7, 11) is 0. The molecule has 2 heterocycles. The maximum atomic E-state index is 12.4. The van der Waals surface area contributed by atoms with E-state index in [1.165, 1.54) is 10.9 Å². The van der Waals surface area contributed by atoms with Crippen LogP contribution in [-0.4, -0.2) is 36.7 Å². The second-order valence-electron chi connectivity index (χ2n) is 5.34. The molecule has 24 heavy (non-hydrogen) atoms. The van der Waals surface area contributed by atoms with E-state index in [0.29, 0.717) is 5.69 Å². The lowest BCUT2D eigenvalue weighted by atomic mass is 10.2. The molecule has 3 aromatic rings. The van der Waals surface area contributed by atoms with Gasteiger partial charge in [-0.2, -0.15) is 18.3 Å². The molecule has 1 aromatic carbocycles. The number of hydrogen-bond donors (Lipinski definition) is 1. The lowest BCUT2D eigenvalue weighted by Crippen LogP contribution is -2.36. The van der Waals surface area contributed by atoms with E-state index < -0.39 is 24.4 Å². The van der Waals surface area contributed by atoms with Crippen LogP contribution in [0.1, 0.15) is 5.56 Å². The molecule has 0 aliphatic rings. The molecule has 126 valence electrons. The van der Waals surface area contributed by atoms with Gasteiger partial charge in [0.1, 0.15) is 11.7 Å². The van der Waals surface area contributed by atoms with Crippen molar-refractivity contribution in [3.05, 3.63) is 52.7 Å². The van der Waals surface area contributed by atoms with Crippen molar-refractivity contribution in [2.45, 2.75) is 25.7 Å². The number of alkyl halides is 3. The maximum absolute atomic E-state index is 12.4. The van der Waals surface area contributed by atoms with Crippen LogP contribution in [-0.2, 0) is 6.54 Å². The lowest BCUT2D eigenvalue weighted by molar-refractivity contribution is -0.207. The van der Waals surface area contributed by atoms with Crippen molar-refractivity contribution in [3.8, 4) is 5.69 Å². The molecule has 6 nitrogen and oxygen atoms in total. The highest BCUT2D eigenvalue weighted by Crippen LogP contribution is 2.21. The summed E-state index contributed by atoms with van der Waals surface area (Å²) in [5, 5.41) is 13.3. The van der Waals surface area contributed by atoms with E-state index in [9.17, 15) is 18.0 Å². The predicted molar refractivity (Wildman–Crippen MR) is 79.9 cm³/mol. The smallest absolute Gasteiger partial charge is 0.382 e. The molecule has 1 N–H and O–H groups in total. The van der Waals surface area contributed by atoms with E-state index in [2.05, 4.69) is 10.1 Å². The molecule has 0 fully saturated rings. The highest BCUT2D eigenvalue weighted by Gasteiger charge is 2.38. The third kappa shape index (κ3) is 2.78. The molecular weight excluding hydrogens is 325 g/mol. The van der Waals surface area contributed by atoms with Gasteiger partial charge in [0, 0.05) is 0 Å². The number of fused-ring (bicyclic) bond motifs is 1. The van der Waals surface area contributed by atoms with Gasteiger partial charge in [-0.3, -0.25) is 9.36 Å². The number of aromatic nitrogens is 4. The number of halogens is 3. The maximum Gasteiger partial charge on any atom is 0.416 e. The molecule has 0 bridgehead atoms. The number of aliphatic hydroxyl groups excluding tert-OH is 1. The molecule has 0 aliphatic heterocycles. The van der Waals surface area contributed by atoms with Gasteiger partial charge in [0.05, 0.1) is 18.4 Å². The second-order valence-corrected chi connectivity index (χ2v) is 5.34.